The Kier molecular flexibility index (Phi) is 5.16. The van der Waals surface area contributed by atoms with Crippen molar-refractivity contribution in [1.82, 2.24) is 0 Å². The number of anilines is 1. The van der Waals surface area contributed by atoms with Crippen molar-refractivity contribution >= 4 is 21.6 Å². The van der Waals surface area contributed by atoms with Crippen LogP contribution in [0.25, 0.3) is 0 Å². The lowest BCUT2D eigenvalue weighted by Crippen LogP contribution is -2.09. The maximum absolute atomic E-state index is 8.69. The molecule has 0 saturated heterocycles. The fourth-order valence-corrected chi connectivity index (χ4v) is 1.65. The van der Waals surface area contributed by atoms with Crippen molar-refractivity contribution in [2.45, 2.75) is 6.92 Å². The quantitative estimate of drug-likeness (QED) is 0.836. The molecular formula is C11H13BrN2O. The van der Waals surface area contributed by atoms with Gasteiger partial charge in [-0.1, -0.05) is 0 Å². The van der Waals surface area contributed by atoms with E-state index in [2.05, 4.69) is 27.3 Å². The lowest BCUT2D eigenvalue weighted by Gasteiger charge is -2.08. The number of benzene rings is 1. The molecule has 0 aromatic heterocycles. The van der Waals surface area contributed by atoms with Gasteiger partial charge in [-0.05, 0) is 41.1 Å². The van der Waals surface area contributed by atoms with Gasteiger partial charge in [0, 0.05) is 23.3 Å². The van der Waals surface area contributed by atoms with Crippen LogP contribution in [0, 0.1) is 11.3 Å². The van der Waals surface area contributed by atoms with E-state index >= 15 is 0 Å². The Hall–Kier alpha value is -1.05. The van der Waals surface area contributed by atoms with Crippen LogP contribution in [0.15, 0.2) is 22.7 Å². The van der Waals surface area contributed by atoms with Crippen molar-refractivity contribution in [2.75, 3.05) is 25.1 Å². The molecule has 0 heterocycles. The number of rotatable bonds is 5. The van der Waals surface area contributed by atoms with Crippen LogP contribution in [0.2, 0.25) is 0 Å². The van der Waals surface area contributed by atoms with Gasteiger partial charge in [-0.2, -0.15) is 5.26 Å². The van der Waals surface area contributed by atoms with Crippen molar-refractivity contribution in [3.8, 4) is 6.07 Å². The van der Waals surface area contributed by atoms with Gasteiger partial charge in [-0.3, -0.25) is 0 Å². The monoisotopic (exact) mass is 268 g/mol. The molecule has 0 bridgehead atoms. The van der Waals surface area contributed by atoms with E-state index in [9.17, 15) is 0 Å². The Bertz CT molecular complexity index is 360. The van der Waals surface area contributed by atoms with E-state index in [0.29, 0.717) is 12.2 Å². The fourth-order valence-electron chi connectivity index (χ4n) is 1.13. The predicted octanol–water partition coefficient (Wildman–Crippen LogP) is 2.77. The zero-order valence-corrected chi connectivity index (χ0v) is 10.2. The minimum absolute atomic E-state index is 0.650. The minimum Gasteiger partial charge on any atom is -0.382 e. The van der Waals surface area contributed by atoms with Crippen LogP contribution in [0.5, 0.6) is 0 Å². The molecule has 4 heteroatoms. The molecule has 0 aliphatic heterocycles. The van der Waals surface area contributed by atoms with Crippen molar-refractivity contribution in [3.63, 3.8) is 0 Å². The average molecular weight is 269 g/mol. The van der Waals surface area contributed by atoms with Gasteiger partial charge in [-0.15, -0.1) is 0 Å². The highest BCUT2D eigenvalue weighted by molar-refractivity contribution is 9.10. The summed E-state index contributed by atoms with van der Waals surface area (Å²) in [6, 6.07) is 7.55. The topological polar surface area (TPSA) is 45.0 Å². The minimum atomic E-state index is 0.650. The van der Waals surface area contributed by atoms with Gasteiger partial charge in [0.15, 0.2) is 0 Å². The number of ether oxygens (including phenoxy) is 1. The lowest BCUT2D eigenvalue weighted by molar-refractivity contribution is 0.158. The molecule has 0 aliphatic carbocycles. The van der Waals surface area contributed by atoms with Gasteiger partial charge < -0.3 is 10.1 Å². The Labute approximate surface area is 98.2 Å². The van der Waals surface area contributed by atoms with E-state index in [-0.39, 0.29) is 0 Å². The highest BCUT2D eigenvalue weighted by Crippen LogP contribution is 2.22. The average Bonchev–Trinajstić information content (AvgIpc) is 2.26. The summed E-state index contributed by atoms with van der Waals surface area (Å²) in [6.07, 6.45) is 0. The van der Waals surface area contributed by atoms with Crippen LogP contribution in [0.4, 0.5) is 5.69 Å². The molecule has 0 spiro atoms. The molecular weight excluding hydrogens is 256 g/mol. The van der Waals surface area contributed by atoms with Gasteiger partial charge in [0.1, 0.15) is 0 Å². The zero-order chi connectivity index (χ0) is 11.1. The third kappa shape index (κ3) is 3.90. The maximum atomic E-state index is 8.69. The van der Waals surface area contributed by atoms with E-state index in [1.54, 1.807) is 12.1 Å². The van der Waals surface area contributed by atoms with E-state index in [4.69, 9.17) is 10.00 Å². The molecule has 0 unspecified atom stereocenters. The first kappa shape index (κ1) is 12.0. The van der Waals surface area contributed by atoms with E-state index in [1.165, 1.54) is 0 Å². The van der Waals surface area contributed by atoms with Gasteiger partial charge in [0.25, 0.3) is 0 Å². The zero-order valence-electron chi connectivity index (χ0n) is 8.59. The molecule has 1 aromatic rings. The Morgan fingerprint density at radius 2 is 2.33 bits per heavy atom. The van der Waals surface area contributed by atoms with Crippen LogP contribution >= 0.6 is 15.9 Å². The molecule has 3 nitrogen and oxygen atoms in total. The van der Waals surface area contributed by atoms with Crippen molar-refractivity contribution in [2.24, 2.45) is 0 Å². The third-order valence-electron chi connectivity index (χ3n) is 1.86. The van der Waals surface area contributed by atoms with Gasteiger partial charge in [0.2, 0.25) is 0 Å². The van der Waals surface area contributed by atoms with Crippen LogP contribution in [-0.2, 0) is 4.74 Å². The number of nitrogens with one attached hydrogen (secondary N) is 1. The summed E-state index contributed by atoms with van der Waals surface area (Å²) < 4.78 is 6.11. The second-order valence-corrected chi connectivity index (χ2v) is 3.78. The first-order chi connectivity index (χ1) is 7.27. The molecule has 0 amide bonds. The summed E-state index contributed by atoms with van der Waals surface area (Å²) in [5.41, 5.74) is 1.63. The second kappa shape index (κ2) is 6.44. The summed E-state index contributed by atoms with van der Waals surface area (Å²) in [5.74, 6) is 0. The van der Waals surface area contributed by atoms with Crippen LogP contribution in [0.1, 0.15) is 12.5 Å². The molecule has 0 radical (unpaired) electrons. The largest absolute Gasteiger partial charge is 0.382 e. The number of nitriles is 1. The Morgan fingerprint density at radius 3 is 2.93 bits per heavy atom. The molecule has 0 atom stereocenters. The number of halogens is 1. The summed E-state index contributed by atoms with van der Waals surface area (Å²) in [7, 11) is 0. The molecule has 1 aromatic carbocycles. The van der Waals surface area contributed by atoms with E-state index < -0.39 is 0 Å². The molecule has 1 rings (SSSR count). The van der Waals surface area contributed by atoms with Crippen LogP contribution < -0.4 is 5.32 Å². The van der Waals surface area contributed by atoms with Crippen LogP contribution in [-0.4, -0.2) is 19.8 Å². The molecule has 0 saturated carbocycles. The normalized spacial score (nSPS) is 9.67. The molecule has 80 valence electrons. The van der Waals surface area contributed by atoms with E-state index in [1.807, 2.05) is 13.0 Å². The summed E-state index contributed by atoms with van der Waals surface area (Å²) in [4.78, 5) is 0. The number of nitrogens with zero attached hydrogens (tertiary/aromatic N) is 1. The van der Waals surface area contributed by atoms with Crippen molar-refractivity contribution < 1.29 is 4.74 Å². The standard InChI is InChI=1S/C11H13BrN2O/c1-2-15-6-5-14-11-4-3-9(8-13)7-10(11)12/h3-4,7,14H,2,5-6H2,1H3. The Morgan fingerprint density at radius 1 is 1.53 bits per heavy atom. The predicted molar refractivity (Wildman–Crippen MR) is 63.8 cm³/mol. The van der Waals surface area contributed by atoms with Gasteiger partial charge in [-0.25, -0.2) is 0 Å². The second-order valence-electron chi connectivity index (χ2n) is 2.93. The van der Waals surface area contributed by atoms with Crippen molar-refractivity contribution in [1.29, 1.82) is 5.26 Å². The number of hydrogen-bond donors (Lipinski definition) is 1. The lowest BCUT2D eigenvalue weighted by atomic mass is 10.2. The summed E-state index contributed by atoms with van der Waals surface area (Å²) in [5, 5.41) is 11.9. The maximum Gasteiger partial charge on any atom is 0.0992 e. The first-order valence-corrected chi connectivity index (χ1v) is 5.58. The Balaban J connectivity index is 2.52. The van der Waals surface area contributed by atoms with Gasteiger partial charge in [0.05, 0.1) is 18.2 Å². The summed E-state index contributed by atoms with van der Waals surface area (Å²) >= 11 is 3.40. The van der Waals surface area contributed by atoms with Crippen LogP contribution in [0.3, 0.4) is 0 Å². The highest BCUT2D eigenvalue weighted by atomic mass is 79.9. The van der Waals surface area contributed by atoms with Gasteiger partial charge >= 0.3 is 0 Å². The molecule has 0 aliphatic rings. The van der Waals surface area contributed by atoms with E-state index in [0.717, 1.165) is 23.3 Å². The summed E-state index contributed by atoms with van der Waals surface area (Å²) in [6.45, 7) is 4.15. The molecule has 1 N–H and O–H groups in total. The molecule has 0 fully saturated rings. The highest BCUT2D eigenvalue weighted by Gasteiger charge is 2.00. The van der Waals surface area contributed by atoms with Crippen molar-refractivity contribution in [3.05, 3.63) is 28.2 Å². The molecule has 15 heavy (non-hydrogen) atoms. The smallest absolute Gasteiger partial charge is 0.0992 e. The SMILES string of the molecule is CCOCCNc1ccc(C#N)cc1Br. The number of hydrogen-bond acceptors (Lipinski definition) is 3. The third-order valence-corrected chi connectivity index (χ3v) is 2.52. The first-order valence-electron chi connectivity index (χ1n) is 4.79. The fraction of sp³-hybridized carbons (Fsp3) is 0.364.